The minimum absolute atomic E-state index is 0.122. The van der Waals surface area contributed by atoms with Crippen LogP contribution in [0.4, 0.5) is 0 Å². The zero-order valence-electron chi connectivity index (χ0n) is 14.8. The first-order chi connectivity index (χ1) is 12.2. The first kappa shape index (κ1) is 20.1. The van der Waals surface area contributed by atoms with Crippen LogP contribution in [-0.4, -0.2) is 81.6 Å². The Labute approximate surface area is 152 Å². The summed E-state index contributed by atoms with van der Waals surface area (Å²) in [6, 6.07) is 3.52. The smallest absolute Gasteiger partial charge is 0.305 e. The molecule has 1 aromatic rings. The van der Waals surface area contributed by atoms with Crippen LogP contribution >= 0.6 is 0 Å². The van der Waals surface area contributed by atoms with E-state index in [9.17, 15) is 18.0 Å². The molecular formula is C16H22N2O7S. The molecule has 9 nitrogen and oxygen atoms in total. The molecular weight excluding hydrogens is 364 g/mol. The van der Waals surface area contributed by atoms with E-state index in [1.807, 2.05) is 0 Å². The lowest BCUT2D eigenvalue weighted by Gasteiger charge is -2.35. The molecule has 1 atom stereocenters. The zero-order valence-corrected chi connectivity index (χ0v) is 15.7. The third kappa shape index (κ3) is 4.14. The molecule has 1 N–H and O–H groups in total. The second-order valence-corrected chi connectivity index (χ2v) is 8.10. The number of amides is 1. The molecule has 0 radical (unpaired) electrons. The summed E-state index contributed by atoms with van der Waals surface area (Å²) in [5, 5.41) is 9.02. The van der Waals surface area contributed by atoms with Gasteiger partial charge in [-0.1, -0.05) is 0 Å². The average Bonchev–Trinajstić information content (AvgIpc) is 2.60. The molecule has 0 saturated carbocycles. The molecule has 26 heavy (non-hydrogen) atoms. The molecule has 1 aliphatic heterocycles. The van der Waals surface area contributed by atoms with Crippen LogP contribution in [0.3, 0.4) is 0 Å². The Bertz CT molecular complexity index is 792. The summed E-state index contributed by atoms with van der Waals surface area (Å²) in [5.74, 6) is -1.36. The number of hydrogen-bond acceptors (Lipinski definition) is 6. The van der Waals surface area contributed by atoms with Gasteiger partial charge in [0, 0.05) is 26.2 Å². The van der Waals surface area contributed by atoms with Gasteiger partial charge in [-0.05, 0) is 18.2 Å². The van der Waals surface area contributed by atoms with Crippen LogP contribution in [0.2, 0.25) is 0 Å². The standard InChI is InChI=1S/C16H22N2O7S/c1-17(2)26(22,23)14-8-11(4-5-13(14)24-3)16(21)18-6-7-25-10-12(18)9-15(19)20/h4-5,8,12H,6-7,9-10H2,1-3H3,(H,19,20). The van der Waals surface area contributed by atoms with E-state index in [2.05, 4.69) is 0 Å². The van der Waals surface area contributed by atoms with E-state index in [1.165, 1.54) is 44.3 Å². The molecule has 1 saturated heterocycles. The zero-order chi connectivity index (χ0) is 19.5. The van der Waals surface area contributed by atoms with Crippen LogP contribution in [0.15, 0.2) is 23.1 Å². The quantitative estimate of drug-likeness (QED) is 0.746. The molecule has 1 amide bonds. The van der Waals surface area contributed by atoms with Crippen LogP contribution in [-0.2, 0) is 19.6 Å². The van der Waals surface area contributed by atoms with E-state index in [1.54, 1.807) is 0 Å². The minimum Gasteiger partial charge on any atom is -0.495 e. The van der Waals surface area contributed by atoms with E-state index in [0.717, 1.165) is 4.31 Å². The van der Waals surface area contributed by atoms with Crippen molar-refractivity contribution in [2.45, 2.75) is 17.4 Å². The highest BCUT2D eigenvalue weighted by atomic mass is 32.2. The van der Waals surface area contributed by atoms with Gasteiger partial charge < -0.3 is 19.5 Å². The summed E-state index contributed by atoms with van der Waals surface area (Å²) in [4.78, 5) is 25.2. The van der Waals surface area contributed by atoms with Crippen LogP contribution in [0, 0.1) is 0 Å². The summed E-state index contributed by atoms with van der Waals surface area (Å²) in [6.07, 6.45) is -0.245. The fraction of sp³-hybridized carbons (Fsp3) is 0.500. The van der Waals surface area contributed by atoms with Gasteiger partial charge in [0.05, 0.1) is 32.8 Å². The molecule has 1 heterocycles. The lowest BCUT2D eigenvalue weighted by molar-refractivity contribution is -0.139. The van der Waals surface area contributed by atoms with Crippen molar-refractivity contribution in [2.24, 2.45) is 0 Å². The summed E-state index contributed by atoms with van der Waals surface area (Å²) >= 11 is 0. The van der Waals surface area contributed by atoms with Crippen LogP contribution < -0.4 is 4.74 Å². The third-order valence-electron chi connectivity index (χ3n) is 4.07. The van der Waals surface area contributed by atoms with Gasteiger partial charge >= 0.3 is 5.97 Å². The highest BCUT2D eigenvalue weighted by Gasteiger charge is 2.31. The van der Waals surface area contributed by atoms with Gasteiger partial charge in [-0.15, -0.1) is 0 Å². The van der Waals surface area contributed by atoms with Crippen molar-refractivity contribution in [3.05, 3.63) is 23.8 Å². The summed E-state index contributed by atoms with van der Waals surface area (Å²) in [5.41, 5.74) is 0.142. The van der Waals surface area contributed by atoms with Crippen LogP contribution in [0.25, 0.3) is 0 Å². The number of carbonyl (C=O) groups is 2. The number of aliphatic carboxylic acids is 1. The van der Waals surface area contributed by atoms with E-state index in [0.29, 0.717) is 6.61 Å². The fourth-order valence-corrected chi connectivity index (χ4v) is 3.74. The number of rotatable bonds is 6. The number of carboxylic acids is 1. The lowest BCUT2D eigenvalue weighted by atomic mass is 10.1. The Morgan fingerprint density at radius 2 is 2.08 bits per heavy atom. The maximum Gasteiger partial charge on any atom is 0.305 e. The van der Waals surface area contributed by atoms with Crippen molar-refractivity contribution in [3.63, 3.8) is 0 Å². The van der Waals surface area contributed by atoms with Crippen LogP contribution in [0.1, 0.15) is 16.8 Å². The molecule has 1 unspecified atom stereocenters. The van der Waals surface area contributed by atoms with Crippen molar-refractivity contribution < 1.29 is 32.6 Å². The Morgan fingerprint density at radius 1 is 1.38 bits per heavy atom. The van der Waals surface area contributed by atoms with Crippen molar-refractivity contribution in [1.29, 1.82) is 0 Å². The van der Waals surface area contributed by atoms with Gasteiger partial charge in [0.15, 0.2) is 0 Å². The van der Waals surface area contributed by atoms with Crippen molar-refractivity contribution in [3.8, 4) is 5.75 Å². The molecule has 1 aromatic carbocycles. The molecule has 144 valence electrons. The van der Waals surface area contributed by atoms with Crippen molar-refractivity contribution in [2.75, 3.05) is 41.0 Å². The number of sulfonamides is 1. The average molecular weight is 386 g/mol. The maximum absolute atomic E-state index is 12.9. The Kier molecular flexibility index (Phi) is 6.21. The molecule has 1 aliphatic rings. The predicted molar refractivity (Wildman–Crippen MR) is 91.8 cm³/mol. The van der Waals surface area contributed by atoms with E-state index in [-0.39, 0.29) is 35.8 Å². The van der Waals surface area contributed by atoms with Gasteiger partial charge in [0.1, 0.15) is 10.6 Å². The van der Waals surface area contributed by atoms with Crippen LogP contribution in [0.5, 0.6) is 5.75 Å². The van der Waals surface area contributed by atoms with Gasteiger partial charge in [-0.25, -0.2) is 12.7 Å². The SMILES string of the molecule is COc1ccc(C(=O)N2CCOCC2CC(=O)O)cc1S(=O)(=O)N(C)C. The molecule has 1 fully saturated rings. The first-order valence-electron chi connectivity index (χ1n) is 7.89. The van der Waals surface area contributed by atoms with Gasteiger partial charge in [0.25, 0.3) is 5.91 Å². The molecule has 0 aliphatic carbocycles. The van der Waals surface area contributed by atoms with E-state index in [4.69, 9.17) is 14.6 Å². The Morgan fingerprint density at radius 3 is 2.65 bits per heavy atom. The topological polar surface area (TPSA) is 113 Å². The third-order valence-corrected chi connectivity index (χ3v) is 5.90. The summed E-state index contributed by atoms with van der Waals surface area (Å²) in [7, 11) is 0.290. The van der Waals surface area contributed by atoms with Gasteiger partial charge in [-0.2, -0.15) is 0 Å². The van der Waals surface area contributed by atoms with Gasteiger partial charge in [-0.3, -0.25) is 9.59 Å². The van der Waals surface area contributed by atoms with Gasteiger partial charge in [0.2, 0.25) is 10.0 Å². The highest BCUT2D eigenvalue weighted by Crippen LogP contribution is 2.28. The fourth-order valence-electron chi connectivity index (χ4n) is 2.67. The predicted octanol–water partition coefficient (Wildman–Crippen LogP) is 0.261. The lowest BCUT2D eigenvalue weighted by Crippen LogP contribution is -2.49. The second-order valence-electron chi connectivity index (χ2n) is 5.98. The number of benzene rings is 1. The van der Waals surface area contributed by atoms with E-state index < -0.39 is 27.9 Å². The number of methoxy groups -OCH3 is 1. The number of morpholine rings is 1. The second kappa shape index (κ2) is 8.02. The molecule has 2 rings (SSSR count). The molecule has 0 aromatic heterocycles. The number of hydrogen-bond donors (Lipinski definition) is 1. The molecule has 10 heteroatoms. The monoisotopic (exact) mass is 386 g/mol. The largest absolute Gasteiger partial charge is 0.495 e. The van der Waals surface area contributed by atoms with E-state index >= 15 is 0 Å². The first-order valence-corrected chi connectivity index (χ1v) is 9.33. The van der Waals surface area contributed by atoms with Crippen molar-refractivity contribution >= 4 is 21.9 Å². The highest BCUT2D eigenvalue weighted by molar-refractivity contribution is 7.89. The molecule has 0 bridgehead atoms. The minimum atomic E-state index is -3.82. The Balaban J connectivity index is 2.41. The number of ether oxygens (including phenoxy) is 2. The number of nitrogens with zero attached hydrogens (tertiary/aromatic N) is 2. The number of carbonyl (C=O) groups excluding carboxylic acids is 1. The maximum atomic E-state index is 12.9. The molecule has 0 spiro atoms. The summed E-state index contributed by atoms with van der Waals surface area (Å²) < 4.78 is 36.4. The number of carboxylic acid groups (broad SMARTS) is 1. The Hall–Kier alpha value is -2.17. The summed E-state index contributed by atoms with van der Waals surface area (Å²) in [6.45, 7) is 0.649. The van der Waals surface area contributed by atoms with Crippen molar-refractivity contribution in [1.82, 2.24) is 9.21 Å². The normalized spacial score (nSPS) is 18.0.